The van der Waals surface area contributed by atoms with E-state index in [-0.39, 0.29) is 18.2 Å². The summed E-state index contributed by atoms with van der Waals surface area (Å²) in [6.07, 6.45) is 1.86. The summed E-state index contributed by atoms with van der Waals surface area (Å²) >= 11 is 0. The highest BCUT2D eigenvalue weighted by molar-refractivity contribution is 6.73. The van der Waals surface area contributed by atoms with Crippen molar-refractivity contribution < 1.29 is 14.0 Å². The first-order valence-corrected chi connectivity index (χ1v) is 10.6. The van der Waals surface area contributed by atoms with E-state index >= 15 is 0 Å². The van der Waals surface area contributed by atoms with Crippen molar-refractivity contribution in [1.82, 2.24) is 4.90 Å². The number of hydrogen-bond acceptors (Lipinski definition) is 3. The van der Waals surface area contributed by atoms with Crippen molar-refractivity contribution in [2.75, 3.05) is 13.2 Å². The molecule has 118 valence electrons. The molecule has 20 heavy (non-hydrogen) atoms. The number of nitrogens with zero attached hydrogens (tertiary/aromatic N) is 1. The summed E-state index contributed by atoms with van der Waals surface area (Å²) in [5.74, 6) is 0. The maximum absolute atomic E-state index is 12.1. The summed E-state index contributed by atoms with van der Waals surface area (Å²) in [6.45, 7) is 12.0. The molecule has 0 aliphatic carbocycles. The lowest BCUT2D eigenvalue weighted by molar-refractivity contribution is 0.0646. The van der Waals surface area contributed by atoms with Crippen molar-refractivity contribution in [3.63, 3.8) is 0 Å². The normalized spacial score (nSPS) is 19.7. The average molecular weight is 302 g/mol. The molecule has 1 amide bonds. The van der Waals surface area contributed by atoms with E-state index < -0.39 is 8.32 Å². The standard InChI is InChI=1S/C15H31NO3Si/c1-6-20(7-2,8-3)18-12-14-10-9-11-16(14)15(17)19-13(4)5/h13-14H,6-12H2,1-5H3. The summed E-state index contributed by atoms with van der Waals surface area (Å²) in [7, 11) is -1.56. The van der Waals surface area contributed by atoms with Gasteiger partial charge in [-0.1, -0.05) is 20.8 Å². The second kappa shape index (κ2) is 8.03. The Morgan fingerprint density at radius 3 is 2.35 bits per heavy atom. The first kappa shape index (κ1) is 17.5. The molecule has 4 nitrogen and oxygen atoms in total. The summed E-state index contributed by atoms with van der Waals surface area (Å²) in [5, 5.41) is 0. The van der Waals surface area contributed by atoms with Crippen LogP contribution in [0.4, 0.5) is 4.79 Å². The van der Waals surface area contributed by atoms with Crippen LogP contribution in [0.2, 0.25) is 18.1 Å². The molecule has 1 rings (SSSR count). The third-order valence-electron chi connectivity index (χ3n) is 4.46. The van der Waals surface area contributed by atoms with E-state index in [1.165, 1.54) is 0 Å². The largest absolute Gasteiger partial charge is 0.447 e. The molecule has 1 unspecified atom stereocenters. The van der Waals surface area contributed by atoms with Crippen molar-refractivity contribution in [2.45, 2.75) is 77.7 Å². The highest BCUT2D eigenvalue weighted by Crippen LogP contribution is 2.25. The number of carbonyl (C=O) groups excluding carboxylic acids is 1. The van der Waals surface area contributed by atoms with Gasteiger partial charge in [-0.2, -0.15) is 0 Å². The third kappa shape index (κ3) is 4.48. The van der Waals surface area contributed by atoms with Crippen molar-refractivity contribution >= 4 is 14.4 Å². The monoisotopic (exact) mass is 301 g/mol. The quantitative estimate of drug-likeness (QED) is 0.667. The van der Waals surface area contributed by atoms with Crippen LogP contribution in [-0.2, 0) is 9.16 Å². The van der Waals surface area contributed by atoms with Crippen LogP contribution in [-0.4, -0.2) is 44.6 Å². The molecule has 0 N–H and O–H groups in total. The number of ether oxygens (including phenoxy) is 1. The van der Waals surface area contributed by atoms with Crippen molar-refractivity contribution in [3.05, 3.63) is 0 Å². The predicted octanol–water partition coefficient (Wildman–Crippen LogP) is 4.02. The summed E-state index contributed by atoms with van der Waals surface area (Å²) in [4.78, 5) is 13.9. The molecule has 1 aliphatic rings. The number of hydrogen-bond donors (Lipinski definition) is 0. The molecule has 1 atom stereocenters. The fraction of sp³-hybridized carbons (Fsp3) is 0.933. The van der Waals surface area contributed by atoms with Crippen molar-refractivity contribution in [3.8, 4) is 0 Å². The van der Waals surface area contributed by atoms with Gasteiger partial charge >= 0.3 is 6.09 Å². The number of likely N-dealkylation sites (tertiary alicyclic amines) is 1. The SMILES string of the molecule is CC[Si](CC)(CC)OCC1CCCN1C(=O)OC(C)C. The van der Waals surface area contributed by atoms with Gasteiger partial charge in [-0.15, -0.1) is 0 Å². The van der Waals surface area contributed by atoms with Crippen molar-refractivity contribution in [2.24, 2.45) is 0 Å². The minimum absolute atomic E-state index is 0.0555. The molecular weight excluding hydrogens is 270 g/mol. The van der Waals surface area contributed by atoms with Crippen LogP contribution in [0.5, 0.6) is 0 Å². The first-order valence-electron chi connectivity index (χ1n) is 8.09. The first-order chi connectivity index (χ1) is 9.48. The molecule has 0 saturated carbocycles. The Morgan fingerprint density at radius 2 is 1.85 bits per heavy atom. The van der Waals surface area contributed by atoms with Crippen LogP contribution in [0.1, 0.15) is 47.5 Å². The van der Waals surface area contributed by atoms with Gasteiger partial charge in [0.1, 0.15) is 0 Å². The summed E-state index contributed by atoms with van der Waals surface area (Å²) in [5.41, 5.74) is 0. The zero-order valence-electron chi connectivity index (χ0n) is 13.8. The average Bonchev–Trinajstić information content (AvgIpc) is 2.89. The van der Waals surface area contributed by atoms with E-state index in [0.29, 0.717) is 6.61 Å². The molecule has 1 heterocycles. The lowest BCUT2D eigenvalue weighted by Gasteiger charge is -2.32. The lowest BCUT2D eigenvalue weighted by Crippen LogP contribution is -2.44. The molecule has 0 radical (unpaired) electrons. The van der Waals surface area contributed by atoms with Crippen LogP contribution < -0.4 is 0 Å². The second-order valence-electron chi connectivity index (χ2n) is 5.98. The van der Waals surface area contributed by atoms with Crippen molar-refractivity contribution in [1.29, 1.82) is 0 Å². The van der Waals surface area contributed by atoms with E-state index in [1.54, 1.807) is 0 Å². The zero-order valence-corrected chi connectivity index (χ0v) is 14.8. The minimum atomic E-state index is -1.56. The van der Waals surface area contributed by atoms with Crippen LogP contribution in [0, 0.1) is 0 Å². The lowest BCUT2D eigenvalue weighted by atomic mass is 10.2. The molecule has 1 saturated heterocycles. The Labute approximate surface area is 124 Å². The Bertz CT molecular complexity index is 297. The van der Waals surface area contributed by atoms with E-state index in [0.717, 1.165) is 37.5 Å². The van der Waals surface area contributed by atoms with Gasteiger partial charge in [0.15, 0.2) is 8.32 Å². The molecule has 5 heteroatoms. The fourth-order valence-corrected chi connectivity index (χ4v) is 5.51. The zero-order chi connectivity index (χ0) is 15.2. The highest BCUT2D eigenvalue weighted by atomic mass is 28.4. The molecule has 0 aromatic rings. The highest BCUT2D eigenvalue weighted by Gasteiger charge is 2.34. The number of carbonyl (C=O) groups is 1. The molecule has 1 aliphatic heterocycles. The van der Waals surface area contributed by atoms with Crippen LogP contribution in [0.25, 0.3) is 0 Å². The van der Waals surface area contributed by atoms with Crippen LogP contribution >= 0.6 is 0 Å². The van der Waals surface area contributed by atoms with Crippen LogP contribution in [0.15, 0.2) is 0 Å². The smallest absolute Gasteiger partial charge is 0.410 e. The number of rotatable bonds is 7. The van der Waals surface area contributed by atoms with Gasteiger partial charge in [-0.25, -0.2) is 4.79 Å². The minimum Gasteiger partial charge on any atom is -0.447 e. The topological polar surface area (TPSA) is 38.8 Å². The number of amides is 1. The molecule has 0 spiro atoms. The molecular formula is C15H31NO3Si. The van der Waals surface area contributed by atoms with Gasteiger partial charge in [0.2, 0.25) is 0 Å². The Morgan fingerprint density at radius 1 is 1.25 bits per heavy atom. The Balaban J connectivity index is 2.55. The molecule has 1 fully saturated rings. The molecule has 0 aromatic heterocycles. The van der Waals surface area contributed by atoms with E-state index in [2.05, 4.69) is 20.8 Å². The third-order valence-corrected chi connectivity index (χ3v) is 9.11. The molecule has 0 aromatic carbocycles. The predicted molar refractivity (Wildman–Crippen MR) is 84.5 cm³/mol. The fourth-order valence-electron chi connectivity index (χ4n) is 2.85. The maximum Gasteiger partial charge on any atom is 0.410 e. The van der Waals surface area contributed by atoms with Crippen LogP contribution in [0.3, 0.4) is 0 Å². The Hall–Kier alpha value is -0.553. The van der Waals surface area contributed by atoms with Gasteiger partial charge < -0.3 is 14.1 Å². The maximum atomic E-state index is 12.1. The van der Waals surface area contributed by atoms with E-state index in [9.17, 15) is 4.79 Å². The van der Waals surface area contributed by atoms with Gasteiger partial charge in [0.05, 0.1) is 18.8 Å². The van der Waals surface area contributed by atoms with E-state index in [4.69, 9.17) is 9.16 Å². The summed E-state index contributed by atoms with van der Waals surface area (Å²) in [6, 6.07) is 3.67. The Kier molecular flexibility index (Phi) is 7.02. The van der Waals surface area contributed by atoms with E-state index in [1.807, 2.05) is 18.7 Å². The summed E-state index contributed by atoms with van der Waals surface area (Å²) < 4.78 is 11.7. The van der Waals surface area contributed by atoms with Gasteiger partial charge in [-0.05, 0) is 44.8 Å². The molecule has 0 bridgehead atoms. The second-order valence-corrected chi connectivity index (χ2v) is 10.8. The van der Waals surface area contributed by atoms with Gasteiger partial charge in [-0.3, -0.25) is 0 Å². The van der Waals surface area contributed by atoms with Gasteiger partial charge in [0.25, 0.3) is 0 Å². The van der Waals surface area contributed by atoms with Gasteiger partial charge in [0, 0.05) is 6.54 Å².